The molecule has 0 spiro atoms. The number of carbonyl (C=O) groups is 1. The summed E-state index contributed by atoms with van der Waals surface area (Å²) >= 11 is 0. The minimum Gasteiger partial charge on any atom is -0.466 e. The normalized spacial score (nSPS) is 14.8. The smallest absolute Gasteiger partial charge is 0.337 e. The third-order valence-electron chi connectivity index (χ3n) is 2.62. The standard InChI is InChI=1S/C12H11F2N3O2/c1-6-8(12(18)19-2)5-16-11(17-6)10-9(14)3-7(13)4-15-10/h3-4H,5H2,1-2H3,(H,16,17). The van der Waals surface area contributed by atoms with Crippen LogP contribution >= 0.6 is 0 Å². The van der Waals surface area contributed by atoms with E-state index in [4.69, 9.17) is 0 Å². The number of pyridine rings is 1. The number of halogens is 2. The van der Waals surface area contributed by atoms with Gasteiger partial charge in [0.25, 0.3) is 0 Å². The molecule has 100 valence electrons. The van der Waals surface area contributed by atoms with Crippen molar-refractivity contribution in [2.45, 2.75) is 6.92 Å². The number of ether oxygens (including phenoxy) is 1. The van der Waals surface area contributed by atoms with Crippen molar-refractivity contribution in [1.29, 1.82) is 0 Å². The molecule has 2 rings (SSSR count). The SMILES string of the molecule is COC(=O)C1=C(C)NC(c2ncc(F)cc2F)=NC1. The summed E-state index contributed by atoms with van der Waals surface area (Å²) in [5, 5.41) is 2.76. The number of methoxy groups -OCH3 is 1. The van der Waals surface area contributed by atoms with Crippen molar-refractivity contribution in [3.8, 4) is 0 Å². The minimum absolute atomic E-state index is 0.0549. The summed E-state index contributed by atoms with van der Waals surface area (Å²) in [5.74, 6) is -1.93. The number of carbonyl (C=O) groups excluding carboxylic acids is 1. The number of nitrogens with one attached hydrogen (secondary N) is 1. The first kappa shape index (κ1) is 13.1. The minimum atomic E-state index is -0.819. The predicted molar refractivity (Wildman–Crippen MR) is 63.4 cm³/mol. The summed E-state index contributed by atoms with van der Waals surface area (Å²) in [6.07, 6.45) is 0.900. The zero-order valence-electron chi connectivity index (χ0n) is 10.3. The maximum atomic E-state index is 13.6. The van der Waals surface area contributed by atoms with Gasteiger partial charge in [0.1, 0.15) is 11.5 Å². The Balaban J connectivity index is 2.27. The van der Waals surface area contributed by atoms with Gasteiger partial charge in [-0.05, 0) is 6.92 Å². The molecule has 1 aliphatic rings. The van der Waals surface area contributed by atoms with Crippen LogP contribution < -0.4 is 5.32 Å². The van der Waals surface area contributed by atoms with Gasteiger partial charge in [-0.3, -0.25) is 4.99 Å². The predicted octanol–water partition coefficient (Wildman–Crippen LogP) is 1.16. The Hall–Kier alpha value is -2.31. The molecule has 0 fully saturated rings. The van der Waals surface area contributed by atoms with Gasteiger partial charge in [0.05, 0.1) is 25.4 Å². The fraction of sp³-hybridized carbons (Fsp3) is 0.250. The zero-order valence-corrected chi connectivity index (χ0v) is 10.3. The third-order valence-corrected chi connectivity index (χ3v) is 2.62. The van der Waals surface area contributed by atoms with Gasteiger partial charge in [0.15, 0.2) is 11.7 Å². The highest BCUT2D eigenvalue weighted by Crippen LogP contribution is 2.14. The molecule has 0 atom stereocenters. The zero-order chi connectivity index (χ0) is 14.0. The van der Waals surface area contributed by atoms with Gasteiger partial charge < -0.3 is 10.1 Å². The topological polar surface area (TPSA) is 63.6 Å². The van der Waals surface area contributed by atoms with Crippen LogP contribution in [0.4, 0.5) is 8.78 Å². The summed E-state index contributed by atoms with van der Waals surface area (Å²) in [6.45, 7) is 1.70. The van der Waals surface area contributed by atoms with E-state index in [2.05, 4.69) is 20.0 Å². The number of nitrogens with zero attached hydrogens (tertiary/aromatic N) is 2. The van der Waals surface area contributed by atoms with Gasteiger partial charge in [0, 0.05) is 11.8 Å². The molecule has 2 heterocycles. The Kier molecular flexibility index (Phi) is 3.55. The van der Waals surface area contributed by atoms with Crippen molar-refractivity contribution in [3.05, 3.63) is 40.9 Å². The van der Waals surface area contributed by atoms with Gasteiger partial charge in [-0.25, -0.2) is 18.6 Å². The fourth-order valence-electron chi connectivity index (χ4n) is 1.63. The summed E-state index contributed by atoms with van der Waals surface area (Å²) in [7, 11) is 1.27. The lowest BCUT2D eigenvalue weighted by Crippen LogP contribution is -2.32. The second-order valence-corrected chi connectivity index (χ2v) is 3.87. The summed E-state index contributed by atoms with van der Waals surface area (Å²) < 4.78 is 30.9. The van der Waals surface area contributed by atoms with E-state index in [0.29, 0.717) is 11.3 Å². The molecule has 0 bridgehead atoms. The molecule has 0 saturated heterocycles. The second kappa shape index (κ2) is 5.13. The molecular formula is C12H11F2N3O2. The molecule has 1 N–H and O–H groups in total. The van der Waals surface area contributed by atoms with Crippen LogP contribution in [0.1, 0.15) is 12.6 Å². The first-order chi connectivity index (χ1) is 9.02. The summed E-state index contributed by atoms with van der Waals surface area (Å²) in [6, 6.07) is 0.724. The Morgan fingerprint density at radius 3 is 2.79 bits per heavy atom. The van der Waals surface area contributed by atoms with Gasteiger partial charge in [-0.2, -0.15) is 0 Å². The van der Waals surface area contributed by atoms with Gasteiger partial charge in [-0.1, -0.05) is 0 Å². The van der Waals surface area contributed by atoms with Crippen LogP contribution in [0.15, 0.2) is 28.5 Å². The first-order valence-electron chi connectivity index (χ1n) is 5.44. The van der Waals surface area contributed by atoms with Gasteiger partial charge in [-0.15, -0.1) is 0 Å². The first-order valence-corrected chi connectivity index (χ1v) is 5.44. The average molecular weight is 267 g/mol. The number of allylic oxidation sites excluding steroid dienone is 1. The lowest BCUT2D eigenvalue weighted by atomic mass is 10.1. The highest BCUT2D eigenvalue weighted by molar-refractivity contribution is 6.01. The largest absolute Gasteiger partial charge is 0.466 e. The van der Waals surface area contributed by atoms with Gasteiger partial charge in [0.2, 0.25) is 0 Å². The number of rotatable bonds is 2. The maximum Gasteiger partial charge on any atom is 0.337 e. The molecule has 19 heavy (non-hydrogen) atoms. The van der Waals surface area contributed by atoms with Crippen molar-refractivity contribution in [2.24, 2.45) is 4.99 Å². The van der Waals surface area contributed by atoms with Crippen molar-refractivity contribution < 1.29 is 18.3 Å². The molecule has 0 amide bonds. The van der Waals surface area contributed by atoms with E-state index in [-0.39, 0.29) is 18.1 Å². The number of amidine groups is 1. The van der Waals surface area contributed by atoms with E-state index >= 15 is 0 Å². The van der Waals surface area contributed by atoms with Crippen LogP contribution in [-0.2, 0) is 9.53 Å². The number of hydrogen-bond acceptors (Lipinski definition) is 5. The Morgan fingerprint density at radius 2 is 2.21 bits per heavy atom. The van der Waals surface area contributed by atoms with Crippen LogP contribution in [-0.4, -0.2) is 30.4 Å². The van der Waals surface area contributed by atoms with Crippen molar-refractivity contribution >= 4 is 11.8 Å². The number of esters is 1. The quantitative estimate of drug-likeness (QED) is 0.817. The van der Waals surface area contributed by atoms with E-state index in [9.17, 15) is 13.6 Å². The molecule has 1 aromatic rings. The Labute approximate surface area is 108 Å². The molecule has 0 unspecified atom stereocenters. The average Bonchev–Trinajstić information content (AvgIpc) is 2.37. The van der Waals surface area contributed by atoms with Crippen LogP contribution in [0.2, 0.25) is 0 Å². The van der Waals surface area contributed by atoms with Crippen LogP contribution in [0, 0.1) is 11.6 Å². The molecular weight excluding hydrogens is 256 g/mol. The van der Waals surface area contributed by atoms with Crippen LogP contribution in [0.25, 0.3) is 0 Å². The highest BCUT2D eigenvalue weighted by atomic mass is 19.1. The number of hydrogen-bond donors (Lipinski definition) is 1. The molecule has 7 heteroatoms. The molecule has 1 aliphatic heterocycles. The van der Waals surface area contributed by atoms with E-state index in [1.807, 2.05) is 0 Å². The van der Waals surface area contributed by atoms with Crippen molar-refractivity contribution in [1.82, 2.24) is 10.3 Å². The van der Waals surface area contributed by atoms with Crippen LogP contribution in [0.5, 0.6) is 0 Å². The number of aromatic nitrogens is 1. The molecule has 1 aromatic heterocycles. The molecule has 0 radical (unpaired) electrons. The molecule has 0 aliphatic carbocycles. The van der Waals surface area contributed by atoms with E-state index in [0.717, 1.165) is 12.3 Å². The van der Waals surface area contributed by atoms with E-state index in [1.54, 1.807) is 6.92 Å². The Bertz CT molecular complexity index is 597. The van der Waals surface area contributed by atoms with Crippen LogP contribution in [0.3, 0.4) is 0 Å². The van der Waals surface area contributed by atoms with E-state index < -0.39 is 17.6 Å². The monoisotopic (exact) mass is 267 g/mol. The molecule has 0 aromatic carbocycles. The summed E-state index contributed by atoms with van der Waals surface area (Å²) in [5.41, 5.74) is 0.765. The number of aliphatic imine (C=N–C) groups is 1. The Morgan fingerprint density at radius 1 is 1.47 bits per heavy atom. The highest BCUT2D eigenvalue weighted by Gasteiger charge is 2.21. The third kappa shape index (κ3) is 2.59. The molecule has 0 saturated carbocycles. The molecule has 5 nitrogen and oxygen atoms in total. The van der Waals surface area contributed by atoms with E-state index in [1.165, 1.54) is 7.11 Å². The van der Waals surface area contributed by atoms with Gasteiger partial charge >= 0.3 is 5.97 Å². The lowest BCUT2D eigenvalue weighted by Gasteiger charge is -2.18. The fourth-order valence-corrected chi connectivity index (χ4v) is 1.63. The van der Waals surface area contributed by atoms with Crippen molar-refractivity contribution in [2.75, 3.05) is 13.7 Å². The second-order valence-electron chi connectivity index (χ2n) is 3.87. The maximum absolute atomic E-state index is 13.6. The van der Waals surface area contributed by atoms with Crippen molar-refractivity contribution in [3.63, 3.8) is 0 Å². The summed E-state index contributed by atoms with van der Waals surface area (Å²) in [4.78, 5) is 19.1. The lowest BCUT2D eigenvalue weighted by molar-refractivity contribution is -0.136.